The Morgan fingerprint density at radius 1 is 1.00 bits per heavy atom. The predicted molar refractivity (Wildman–Crippen MR) is 111 cm³/mol. The van der Waals surface area contributed by atoms with Gasteiger partial charge in [0.15, 0.2) is 0 Å². The average Bonchev–Trinajstić information content (AvgIpc) is 3.40. The molecule has 0 atom stereocenters. The van der Waals surface area contributed by atoms with Crippen LogP contribution in [0.15, 0.2) is 59.4 Å². The van der Waals surface area contributed by atoms with Crippen molar-refractivity contribution >= 4 is 11.0 Å². The average molecular weight is 386 g/mol. The molecule has 1 aliphatic carbocycles. The molecule has 2 aromatic carbocycles. The number of para-hydroxylation sites is 2. The van der Waals surface area contributed by atoms with E-state index in [2.05, 4.69) is 15.2 Å². The van der Waals surface area contributed by atoms with Crippen molar-refractivity contribution in [3.63, 3.8) is 0 Å². The monoisotopic (exact) mass is 386 g/mol. The van der Waals surface area contributed by atoms with Gasteiger partial charge >= 0.3 is 0 Å². The van der Waals surface area contributed by atoms with Gasteiger partial charge in [-0.3, -0.25) is 9.89 Å². The molecule has 146 valence electrons. The lowest BCUT2D eigenvalue weighted by Gasteiger charge is -2.11. The molecule has 2 N–H and O–H groups in total. The first-order valence-corrected chi connectivity index (χ1v) is 10.1. The van der Waals surface area contributed by atoms with Gasteiger partial charge in [0.2, 0.25) is 0 Å². The molecule has 6 nitrogen and oxygen atoms in total. The van der Waals surface area contributed by atoms with Crippen molar-refractivity contribution in [3.05, 3.63) is 82.0 Å². The Labute approximate surface area is 168 Å². The quantitative estimate of drug-likeness (QED) is 0.521. The van der Waals surface area contributed by atoms with E-state index < -0.39 is 0 Å². The molecule has 1 fully saturated rings. The minimum absolute atomic E-state index is 0.178. The first-order chi connectivity index (χ1) is 14.3. The van der Waals surface area contributed by atoms with E-state index in [1.807, 2.05) is 54.6 Å². The molecule has 6 heteroatoms. The molecule has 0 radical (unpaired) electrons. The second-order valence-corrected chi connectivity index (χ2v) is 7.53. The van der Waals surface area contributed by atoms with Crippen LogP contribution in [-0.2, 0) is 6.42 Å². The Kier molecular flexibility index (Phi) is 4.60. The summed E-state index contributed by atoms with van der Waals surface area (Å²) in [5, 5.41) is 7.32. The summed E-state index contributed by atoms with van der Waals surface area (Å²) in [6, 6.07) is 17.5. The number of rotatable bonds is 5. The van der Waals surface area contributed by atoms with Crippen molar-refractivity contribution in [2.24, 2.45) is 0 Å². The Bertz CT molecular complexity index is 1190. The summed E-state index contributed by atoms with van der Waals surface area (Å²) in [5.74, 6) is 2.53. The smallest absolute Gasteiger partial charge is 0.276 e. The fraction of sp³-hybridized carbons (Fsp3) is 0.261. The molecule has 4 aromatic rings. The van der Waals surface area contributed by atoms with Gasteiger partial charge in [-0.2, -0.15) is 5.10 Å². The van der Waals surface area contributed by atoms with Crippen LogP contribution >= 0.6 is 0 Å². The largest absolute Gasteiger partial charge is 0.457 e. The molecule has 1 saturated carbocycles. The van der Waals surface area contributed by atoms with Crippen LogP contribution in [0.3, 0.4) is 0 Å². The second-order valence-electron chi connectivity index (χ2n) is 7.53. The Balaban J connectivity index is 1.49. The summed E-state index contributed by atoms with van der Waals surface area (Å²) < 4.78 is 6.05. The van der Waals surface area contributed by atoms with Gasteiger partial charge in [0.25, 0.3) is 5.56 Å². The van der Waals surface area contributed by atoms with E-state index in [0.717, 1.165) is 35.6 Å². The highest BCUT2D eigenvalue weighted by atomic mass is 16.5. The Hall–Kier alpha value is -3.41. The van der Waals surface area contributed by atoms with Gasteiger partial charge in [-0.15, -0.1) is 0 Å². The van der Waals surface area contributed by atoms with Crippen molar-refractivity contribution in [1.29, 1.82) is 0 Å². The van der Waals surface area contributed by atoms with E-state index in [-0.39, 0.29) is 5.56 Å². The molecule has 0 amide bonds. The van der Waals surface area contributed by atoms with Gasteiger partial charge in [0.05, 0.1) is 5.69 Å². The summed E-state index contributed by atoms with van der Waals surface area (Å²) in [5.41, 5.74) is 2.88. The highest BCUT2D eigenvalue weighted by Gasteiger charge is 2.24. The number of ether oxygens (including phenoxy) is 1. The minimum atomic E-state index is -0.178. The van der Waals surface area contributed by atoms with Gasteiger partial charge in [-0.25, -0.2) is 4.98 Å². The first kappa shape index (κ1) is 17.7. The van der Waals surface area contributed by atoms with Crippen LogP contribution in [0, 0.1) is 0 Å². The van der Waals surface area contributed by atoms with Crippen LogP contribution in [0.25, 0.3) is 11.0 Å². The van der Waals surface area contributed by atoms with Crippen LogP contribution < -0.4 is 10.3 Å². The van der Waals surface area contributed by atoms with E-state index in [9.17, 15) is 4.79 Å². The summed E-state index contributed by atoms with van der Waals surface area (Å²) in [6.07, 6.45) is 5.11. The number of fused-ring (bicyclic) bond motifs is 1. The maximum absolute atomic E-state index is 12.6. The third kappa shape index (κ3) is 3.53. The number of aromatic amines is 2. The SMILES string of the molecule is O=c1[nH]c(Cc2ccccc2Oc2ccccc2)nc2c(C3CCCC3)n[nH]c12. The van der Waals surface area contributed by atoms with Crippen LogP contribution in [-0.4, -0.2) is 20.2 Å². The number of hydrogen-bond acceptors (Lipinski definition) is 4. The lowest BCUT2D eigenvalue weighted by Crippen LogP contribution is -2.12. The molecule has 5 rings (SSSR count). The maximum atomic E-state index is 12.6. The van der Waals surface area contributed by atoms with Crippen molar-refractivity contribution in [2.75, 3.05) is 0 Å². The molecule has 1 aliphatic rings. The summed E-state index contributed by atoms with van der Waals surface area (Å²) in [6.45, 7) is 0. The molecule has 0 spiro atoms. The highest BCUT2D eigenvalue weighted by molar-refractivity contribution is 5.76. The summed E-state index contributed by atoms with van der Waals surface area (Å²) in [7, 11) is 0. The molecule has 0 unspecified atom stereocenters. The zero-order chi connectivity index (χ0) is 19.6. The van der Waals surface area contributed by atoms with Gasteiger partial charge in [0, 0.05) is 17.9 Å². The van der Waals surface area contributed by atoms with Gasteiger partial charge in [-0.05, 0) is 31.0 Å². The predicted octanol–water partition coefficient (Wildman–Crippen LogP) is 4.69. The number of H-pyrrole nitrogens is 2. The van der Waals surface area contributed by atoms with Crippen molar-refractivity contribution < 1.29 is 4.74 Å². The molecule has 0 bridgehead atoms. The van der Waals surface area contributed by atoms with Crippen molar-refractivity contribution in [3.8, 4) is 11.5 Å². The van der Waals surface area contributed by atoms with Crippen molar-refractivity contribution in [1.82, 2.24) is 20.2 Å². The number of benzene rings is 2. The molecule has 0 saturated heterocycles. The van der Waals surface area contributed by atoms with Gasteiger partial charge in [-0.1, -0.05) is 49.2 Å². The fourth-order valence-electron chi connectivity index (χ4n) is 4.09. The van der Waals surface area contributed by atoms with E-state index in [0.29, 0.717) is 29.2 Å². The number of nitrogens with zero attached hydrogens (tertiary/aromatic N) is 2. The van der Waals surface area contributed by atoms with Crippen LogP contribution in [0.5, 0.6) is 11.5 Å². The van der Waals surface area contributed by atoms with E-state index in [4.69, 9.17) is 9.72 Å². The molecule has 0 aliphatic heterocycles. The lowest BCUT2D eigenvalue weighted by atomic mass is 10.0. The van der Waals surface area contributed by atoms with E-state index in [1.54, 1.807) is 0 Å². The number of aromatic nitrogens is 4. The third-order valence-corrected chi connectivity index (χ3v) is 5.54. The molecule has 2 aromatic heterocycles. The zero-order valence-corrected chi connectivity index (χ0v) is 16.0. The minimum Gasteiger partial charge on any atom is -0.457 e. The Morgan fingerprint density at radius 2 is 1.76 bits per heavy atom. The normalized spacial score (nSPS) is 14.5. The number of nitrogens with one attached hydrogen (secondary N) is 2. The van der Waals surface area contributed by atoms with Crippen molar-refractivity contribution in [2.45, 2.75) is 38.0 Å². The van der Waals surface area contributed by atoms with E-state index in [1.165, 1.54) is 12.8 Å². The Morgan fingerprint density at radius 3 is 2.59 bits per heavy atom. The zero-order valence-electron chi connectivity index (χ0n) is 16.0. The molecular weight excluding hydrogens is 364 g/mol. The molecule has 2 heterocycles. The van der Waals surface area contributed by atoms with Gasteiger partial charge < -0.3 is 9.72 Å². The summed E-state index contributed by atoms with van der Waals surface area (Å²) >= 11 is 0. The fourth-order valence-corrected chi connectivity index (χ4v) is 4.09. The van der Waals surface area contributed by atoms with Crippen LogP contribution in [0.2, 0.25) is 0 Å². The second kappa shape index (κ2) is 7.54. The van der Waals surface area contributed by atoms with Crippen LogP contribution in [0.4, 0.5) is 0 Å². The van der Waals surface area contributed by atoms with Gasteiger partial charge in [0.1, 0.15) is 28.4 Å². The first-order valence-electron chi connectivity index (χ1n) is 10.1. The standard InChI is InChI=1S/C23H22N4O2/c28-23-22-21(20(26-27-22)15-8-4-5-9-15)24-19(25-23)14-16-10-6-7-13-18(16)29-17-11-2-1-3-12-17/h1-3,6-7,10-13,15H,4-5,8-9,14H2,(H,26,27)(H,24,25,28). The topological polar surface area (TPSA) is 83.7 Å². The highest BCUT2D eigenvalue weighted by Crippen LogP contribution is 2.35. The number of hydrogen-bond donors (Lipinski definition) is 2. The van der Waals surface area contributed by atoms with Crippen LogP contribution in [0.1, 0.15) is 48.7 Å². The lowest BCUT2D eigenvalue weighted by molar-refractivity contribution is 0.477. The molecular formula is C23H22N4O2. The third-order valence-electron chi connectivity index (χ3n) is 5.54. The summed E-state index contributed by atoms with van der Waals surface area (Å²) in [4.78, 5) is 20.3. The van der Waals surface area contributed by atoms with E-state index >= 15 is 0 Å². The maximum Gasteiger partial charge on any atom is 0.276 e. The molecule has 29 heavy (non-hydrogen) atoms.